The average Bonchev–Trinajstić information content (AvgIpc) is 3.26. The van der Waals surface area contributed by atoms with Crippen LogP contribution in [-0.2, 0) is 24.7 Å². The molecule has 0 aliphatic heterocycles. The van der Waals surface area contributed by atoms with Gasteiger partial charge < -0.3 is 21.7 Å². The highest BCUT2D eigenvalue weighted by Gasteiger charge is 2.38. The lowest BCUT2D eigenvalue weighted by molar-refractivity contribution is -0.142. The van der Waals surface area contributed by atoms with Gasteiger partial charge in [0.15, 0.2) is 17.3 Å². The van der Waals surface area contributed by atoms with Gasteiger partial charge in [-0.05, 0) is 30.3 Å². The van der Waals surface area contributed by atoms with Crippen molar-refractivity contribution < 1.29 is 52.7 Å². The molecule has 0 unspecified atom stereocenters. The fraction of sp³-hybridized carbons (Fsp3) is 0.200. The summed E-state index contributed by atoms with van der Waals surface area (Å²) in [6, 6.07) is 17.8. The van der Waals surface area contributed by atoms with Crippen molar-refractivity contribution >= 4 is 34.7 Å². The monoisotopic (exact) mass is 940 g/mol. The minimum Gasteiger partial charge on any atom is -0.369 e. The molecule has 0 aliphatic rings. The van der Waals surface area contributed by atoms with E-state index in [9.17, 15) is 52.7 Å². The molecule has 2 aromatic carbocycles. The number of nitriles is 1. The van der Waals surface area contributed by atoms with Gasteiger partial charge in [0.2, 0.25) is 5.69 Å². The Balaban J connectivity index is 0.000000239. The van der Waals surface area contributed by atoms with Crippen LogP contribution in [0.15, 0.2) is 97.3 Å². The molecule has 6 rings (SSSR count). The van der Waals surface area contributed by atoms with E-state index in [-0.39, 0.29) is 18.9 Å². The van der Waals surface area contributed by atoms with E-state index in [4.69, 9.17) is 29.2 Å². The molecule has 0 bridgehead atoms. The zero-order valence-corrected chi connectivity index (χ0v) is 33.4. The third-order valence-electron chi connectivity index (χ3n) is 7.91. The molecule has 12 nitrogen and oxygen atoms in total. The zero-order chi connectivity index (χ0) is 48.0. The summed E-state index contributed by atoms with van der Waals surface area (Å²) in [6.45, 7) is 8.26. The molecule has 6 aromatic rings. The van der Waals surface area contributed by atoms with Crippen LogP contribution in [0, 0.1) is 17.9 Å². The predicted octanol–water partition coefficient (Wildman–Crippen LogP) is 10.8. The van der Waals surface area contributed by atoms with Gasteiger partial charge in [0.05, 0.1) is 23.3 Å². The van der Waals surface area contributed by atoms with Crippen LogP contribution in [0.5, 0.6) is 0 Å². The number of hydrogen-bond donors (Lipinski definition) is 4. The first-order valence-corrected chi connectivity index (χ1v) is 18.4. The van der Waals surface area contributed by atoms with E-state index >= 15 is 0 Å². The highest BCUT2D eigenvalue weighted by molar-refractivity contribution is 6.29. The van der Waals surface area contributed by atoms with Crippen molar-refractivity contribution in [3.63, 3.8) is 0 Å². The quantitative estimate of drug-likeness (QED) is 0.0447. The minimum atomic E-state index is -4.88. The van der Waals surface area contributed by atoms with Gasteiger partial charge in [0.1, 0.15) is 34.4 Å². The van der Waals surface area contributed by atoms with Crippen LogP contribution >= 0.6 is 11.6 Å². The lowest BCUT2D eigenvalue weighted by Crippen LogP contribution is -2.17. The van der Waals surface area contributed by atoms with Gasteiger partial charge in [0, 0.05) is 61.8 Å². The first-order valence-electron chi connectivity index (χ1n) is 18.1. The van der Waals surface area contributed by atoms with Crippen LogP contribution in [0.3, 0.4) is 0 Å². The molecule has 0 radical (unpaired) electrons. The summed E-state index contributed by atoms with van der Waals surface area (Å²) in [6.07, 6.45) is -16.4. The van der Waals surface area contributed by atoms with Crippen molar-refractivity contribution in [1.29, 1.82) is 5.26 Å². The molecule has 4 aromatic heterocycles. The van der Waals surface area contributed by atoms with Gasteiger partial charge in [0.25, 0.3) is 0 Å². The molecule has 0 saturated heterocycles. The number of nitrogens with one attached hydrogen (secondary N) is 3. The second-order valence-corrected chi connectivity index (χ2v) is 13.0. The third kappa shape index (κ3) is 15.2. The first-order chi connectivity index (χ1) is 30.5. The molecule has 65 heavy (non-hydrogen) atoms. The Morgan fingerprint density at radius 3 is 1.51 bits per heavy atom. The topological polar surface area (TPSA) is 168 Å². The predicted molar refractivity (Wildman–Crippen MR) is 214 cm³/mol. The third-order valence-corrected chi connectivity index (χ3v) is 8.10. The maximum absolute atomic E-state index is 13.3. The van der Waals surface area contributed by atoms with Crippen LogP contribution < -0.4 is 21.7 Å². The summed E-state index contributed by atoms with van der Waals surface area (Å²) < 4.78 is 156. The van der Waals surface area contributed by atoms with Crippen LogP contribution in [0.2, 0.25) is 5.15 Å². The Labute approximate surface area is 365 Å². The van der Waals surface area contributed by atoms with Crippen molar-refractivity contribution in [3.8, 4) is 28.8 Å². The lowest BCUT2D eigenvalue weighted by Gasteiger charge is -2.15. The summed E-state index contributed by atoms with van der Waals surface area (Å²) in [4.78, 5) is 25.0. The van der Waals surface area contributed by atoms with Crippen molar-refractivity contribution in [2.75, 3.05) is 42.1 Å². The number of hydrogen-bond acceptors (Lipinski definition) is 11. The van der Waals surface area contributed by atoms with Gasteiger partial charge in [-0.25, -0.2) is 29.8 Å². The second kappa shape index (κ2) is 21.9. The van der Waals surface area contributed by atoms with Crippen LogP contribution in [0.25, 0.3) is 27.6 Å². The number of aromatic nitrogens is 6. The number of halogens is 13. The summed E-state index contributed by atoms with van der Waals surface area (Å²) >= 11 is 5.44. The summed E-state index contributed by atoms with van der Waals surface area (Å²) in [5, 5.41) is 16.7. The lowest BCUT2D eigenvalue weighted by atomic mass is 10.1. The molecule has 0 fully saturated rings. The highest BCUT2D eigenvalue weighted by atomic mass is 35.5. The van der Waals surface area contributed by atoms with Crippen molar-refractivity contribution in [3.05, 3.63) is 142 Å². The normalized spacial score (nSPS) is 11.4. The van der Waals surface area contributed by atoms with Gasteiger partial charge in [-0.1, -0.05) is 54.1 Å². The van der Waals surface area contributed by atoms with Crippen molar-refractivity contribution in [2.45, 2.75) is 24.7 Å². The van der Waals surface area contributed by atoms with Crippen molar-refractivity contribution in [1.82, 2.24) is 29.9 Å². The van der Waals surface area contributed by atoms with E-state index < -0.39 is 75.1 Å². The SMILES string of the molecule is FC(F)(F)c1cc(Cl)nc(-c2ccccc2C(F)(F)F)n1.N#Cc1ccc(NCCNc2cc(C(F)(F)F)nc(-c3ccccc3C(F)(F)F)n2)nc1.[C-]#[N+]c1ccc(NCCN)nc1. The molecule has 4 heterocycles. The summed E-state index contributed by atoms with van der Waals surface area (Å²) in [5.74, 6) is -0.522. The molecular weight excluding hydrogens is 912 g/mol. The number of anilines is 3. The number of benzene rings is 2. The molecule has 0 amide bonds. The van der Waals surface area contributed by atoms with Crippen LogP contribution in [-0.4, -0.2) is 56.1 Å². The maximum Gasteiger partial charge on any atom is 0.433 e. The number of nitrogens with two attached hydrogens (primary N) is 1. The fourth-order valence-corrected chi connectivity index (χ4v) is 5.22. The number of nitrogens with zero attached hydrogens (tertiary/aromatic N) is 8. The van der Waals surface area contributed by atoms with Crippen LogP contribution in [0.4, 0.5) is 75.8 Å². The molecule has 5 N–H and O–H groups in total. The standard InChI is InChI=1S/C20H14F6N6.C12H5ClF6N2.C8H10N4/c21-19(22,23)14-4-2-1-3-13(14)18-31-15(20(24,25)26)9-17(32-18)29-8-7-28-16-6-5-12(10-27)11-30-16;13-9-5-8(12(17,18)19)20-10(21-9)6-3-1-2-4-7(6)11(14,15)16;1-10-7-2-3-8(12-6-7)11-5-4-9/h1-6,9,11H,7-8H2,(H,28,30)(H,29,31,32);1-5H;2-3,6H,4-5,9H2,(H,11,12). The number of alkyl halides is 12. The Hall–Kier alpha value is -7.31. The molecule has 0 atom stereocenters. The fourth-order valence-electron chi connectivity index (χ4n) is 5.04. The Morgan fingerprint density at radius 2 is 1.06 bits per heavy atom. The van der Waals surface area contributed by atoms with Gasteiger partial charge in [-0.3, -0.25) is 4.98 Å². The molecule has 0 aliphatic carbocycles. The molecule has 340 valence electrons. The molecular formula is C40H29ClF12N12. The number of rotatable bonds is 10. The first kappa shape index (κ1) is 50.3. The van der Waals surface area contributed by atoms with E-state index in [1.165, 1.54) is 30.6 Å². The Morgan fingerprint density at radius 1 is 0.585 bits per heavy atom. The van der Waals surface area contributed by atoms with Crippen LogP contribution in [0.1, 0.15) is 28.1 Å². The van der Waals surface area contributed by atoms with E-state index in [2.05, 4.69) is 50.7 Å². The Bertz CT molecular complexity index is 2590. The van der Waals surface area contributed by atoms with E-state index in [0.29, 0.717) is 42.3 Å². The smallest absolute Gasteiger partial charge is 0.369 e. The van der Waals surface area contributed by atoms with Gasteiger partial charge in [-0.15, -0.1) is 0 Å². The number of pyridine rings is 2. The van der Waals surface area contributed by atoms with Gasteiger partial charge >= 0.3 is 24.7 Å². The van der Waals surface area contributed by atoms with Gasteiger partial charge in [-0.2, -0.15) is 57.9 Å². The summed E-state index contributed by atoms with van der Waals surface area (Å²) in [7, 11) is 0. The van der Waals surface area contributed by atoms with E-state index in [1.54, 1.807) is 18.2 Å². The molecule has 0 spiro atoms. The minimum absolute atomic E-state index is 0.0797. The second-order valence-electron chi connectivity index (χ2n) is 12.6. The molecule has 0 saturated carbocycles. The van der Waals surface area contributed by atoms with Crippen molar-refractivity contribution in [2.24, 2.45) is 5.73 Å². The Kier molecular flexibility index (Phi) is 16.9. The highest BCUT2D eigenvalue weighted by Crippen LogP contribution is 2.39. The maximum atomic E-state index is 13.3. The average molecular weight is 941 g/mol. The molecule has 25 heteroatoms. The van der Waals surface area contributed by atoms with E-state index in [1.807, 2.05) is 6.07 Å². The zero-order valence-electron chi connectivity index (χ0n) is 32.6. The summed E-state index contributed by atoms with van der Waals surface area (Å²) in [5.41, 5.74) is 0.0147. The largest absolute Gasteiger partial charge is 0.433 e. The van der Waals surface area contributed by atoms with E-state index in [0.717, 1.165) is 42.2 Å².